The maximum Gasteiger partial charge on any atom is 0.471 e. The molecule has 2 aromatic rings. The number of amides is 2. The normalized spacial score (nSPS) is 20.7. The molecule has 1 saturated heterocycles. The van der Waals surface area contributed by atoms with Crippen LogP contribution in [0.3, 0.4) is 0 Å². The molecular formula is C16H14F5N3O2S. The van der Waals surface area contributed by atoms with Crippen molar-refractivity contribution in [3.05, 3.63) is 23.8 Å². The van der Waals surface area contributed by atoms with Gasteiger partial charge in [-0.25, -0.2) is 13.8 Å². The van der Waals surface area contributed by atoms with Crippen molar-refractivity contribution >= 4 is 38.5 Å². The highest BCUT2D eigenvalue weighted by Gasteiger charge is 2.47. The van der Waals surface area contributed by atoms with Gasteiger partial charge in [-0.2, -0.15) is 13.2 Å². The van der Waals surface area contributed by atoms with Crippen LogP contribution in [0, 0.1) is 17.0 Å². The Hall–Kier alpha value is -2.30. The summed E-state index contributed by atoms with van der Waals surface area (Å²) in [4.78, 5) is 28.6. The maximum absolute atomic E-state index is 13.7. The number of alkyl halides is 3. The van der Waals surface area contributed by atoms with Crippen molar-refractivity contribution in [2.24, 2.45) is 5.41 Å². The summed E-state index contributed by atoms with van der Waals surface area (Å²) in [6.07, 6.45) is -4.51. The van der Waals surface area contributed by atoms with E-state index in [0.717, 1.165) is 17.4 Å². The highest BCUT2D eigenvalue weighted by Crippen LogP contribution is 2.35. The summed E-state index contributed by atoms with van der Waals surface area (Å²) in [5, 5.41) is 2.45. The molecule has 0 spiro atoms. The summed E-state index contributed by atoms with van der Waals surface area (Å²) in [7, 11) is 0. The van der Waals surface area contributed by atoms with Crippen LogP contribution in [0.25, 0.3) is 10.2 Å². The van der Waals surface area contributed by atoms with E-state index in [4.69, 9.17) is 0 Å². The lowest BCUT2D eigenvalue weighted by atomic mass is 9.81. The molecule has 1 atom stereocenters. The number of hydrogen-bond donors (Lipinski definition) is 1. The molecule has 5 nitrogen and oxygen atoms in total. The number of piperidine rings is 1. The van der Waals surface area contributed by atoms with E-state index < -0.39 is 41.6 Å². The first kappa shape index (κ1) is 19.5. The molecule has 1 unspecified atom stereocenters. The van der Waals surface area contributed by atoms with Gasteiger partial charge in [-0.1, -0.05) is 11.3 Å². The van der Waals surface area contributed by atoms with Gasteiger partial charge in [0, 0.05) is 19.2 Å². The smallest absolute Gasteiger partial charge is 0.334 e. The van der Waals surface area contributed by atoms with E-state index in [1.54, 1.807) is 0 Å². The highest BCUT2D eigenvalue weighted by molar-refractivity contribution is 7.22. The molecule has 2 heterocycles. The Kier molecular flexibility index (Phi) is 4.83. The van der Waals surface area contributed by atoms with Gasteiger partial charge < -0.3 is 10.2 Å². The molecule has 0 bridgehead atoms. The predicted octanol–water partition coefficient (Wildman–Crippen LogP) is 3.70. The number of rotatable bonds is 2. The molecule has 0 saturated carbocycles. The van der Waals surface area contributed by atoms with Crippen LogP contribution in [0.15, 0.2) is 12.1 Å². The Morgan fingerprint density at radius 2 is 2.00 bits per heavy atom. The number of hydrogen-bond acceptors (Lipinski definition) is 4. The molecule has 2 amide bonds. The molecule has 1 fully saturated rings. The SMILES string of the molecule is CC1(C(=O)Nc2nc3c(F)cc(F)cc3s2)CCCN(C(=O)C(F)(F)F)C1. The van der Waals surface area contributed by atoms with E-state index in [2.05, 4.69) is 10.3 Å². The van der Waals surface area contributed by atoms with Crippen molar-refractivity contribution in [2.75, 3.05) is 18.4 Å². The largest absolute Gasteiger partial charge is 0.471 e. The monoisotopic (exact) mass is 407 g/mol. The van der Waals surface area contributed by atoms with Crippen LogP contribution in [-0.4, -0.2) is 41.0 Å². The summed E-state index contributed by atoms with van der Waals surface area (Å²) < 4.78 is 65.1. The lowest BCUT2D eigenvalue weighted by Crippen LogP contribution is -2.53. The summed E-state index contributed by atoms with van der Waals surface area (Å²) in [5.41, 5.74) is -1.37. The fourth-order valence-electron chi connectivity index (χ4n) is 3.04. The molecular weight excluding hydrogens is 393 g/mol. The first-order chi connectivity index (χ1) is 12.5. The fraction of sp³-hybridized carbons (Fsp3) is 0.438. The number of carbonyl (C=O) groups is 2. The van der Waals surface area contributed by atoms with Crippen LogP contribution in [-0.2, 0) is 9.59 Å². The van der Waals surface area contributed by atoms with Crippen molar-refractivity contribution in [3.63, 3.8) is 0 Å². The Morgan fingerprint density at radius 3 is 2.67 bits per heavy atom. The van der Waals surface area contributed by atoms with Crippen LogP contribution >= 0.6 is 11.3 Å². The Bertz CT molecular complexity index is 913. The van der Waals surface area contributed by atoms with Crippen LogP contribution in [0.5, 0.6) is 0 Å². The lowest BCUT2D eigenvalue weighted by molar-refractivity contribution is -0.188. The van der Waals surface area contributed by atoms with Crippen molar-refractivity contribution in [2.45, 2.75) is 25.9 Å². The number of aromatic nitrogens is 1. The van der Waals surface area contributed by atoms with Crippen molar-refractivity contribution in [1.82, 2.24) is 9.88 Å². The van der Waals surface area contributed by atoms with Gasteiger partial charge in [0.1, 0.15) is 11.3 Å². The van der Waals surface area contributed by atoms with Crippen LogP contribution in [0.2, 0.25) is 0 Å². The molecule has 0 radical (unpaired) electrons. The van der Waals surface area contributed by atoms with E-state index in [1.807, 2.05) is 0 Å². The van der Waals surface area contributed by atoms with E-state index >= 15 is 0 Å². The minimum Gasteiger partial charge on any atom is -0.334 e. The van der Waals surface area contributed by atoms with Gasteiger partial charge in [0.25, 0.3) is 0 Å². The minimum absolute atomic E-state index is 0.00000335. The second-order valence-electron chi connectivity index (χ2n) is 6.60. The zero-order chi connectivity index (χ0) is 20.0. The number of anilines is 1. The summed E-state index contributed by atoms with van der Waals surface area (Å²) in [5.74, 6) is -4.30. The third-order valence-electron chi connectivity index (χ3n) is 4.41. The molecule has 1 aromatic carbocycles. The topological polar surface area (TPSA) is 62.3 Å². The van der Waals surface area contributed by atoms with Gasteiger partial charge in [0.2, 0.25) is 5.91 Å². The zero-order valence-electron chi connectivity index (χ0n) is 14.0. The summed E-state index contributed by atoms with van der Waals surface area (Å²) in [6, 6.07) is 1.73. The summed E-state index contributed by atoms with van der Waals surface area (Å²) in [6.45, 7) is 0.962. The predicted molar refractivity (Wildman–Crippen MR) is 88.1 cm³/mol. The summed E-state index contributed by atoms with van der Waals surface area (Å²) >= 11 is 0.844. The number of fused-ring (bicyclic) bond motifs is 1. The lowest BCUT2D eigenvalue weighted by Gasteiger charge is -2.39. The Balaban J connectivity index is 1.79. The number of carbonyl (C=O) groups excluding carboxylic acids is 2. The number of nitrogens with one attached hydrogen (secondary N) is 1. The third kappa shape index (κ3) is 3.87. The van der Waals surface area contributed by atoms with Gasteiger partial charge in [-0.15, -0.1) is 0 Å². The molecule has 146 valence electrons. The third-order valence-corrected chi connectivity index (χ3v) is 5.33. The van der Waals surface area contributed by atoms with Crippen molar-refractivity contribution in [1.29, 1.82) is 0 Å². The van der Waals surface area contributed by atoms with E-state index in [0.29, 0.717) is 11.0 Å². The highest BCUT2D eigenvalue weighted by atomic mass is 32.1. The van der Waals surface area contributed by atoms with E-state index in [9.17, 15) is 31.5 Å². The molecule has 1 aliphatic heterocycles. The van der Waals surface area contributed by atoms with E-state index in [-0.39, 0.29) is 34.7 Å². The first-order valence-electron chi connectivity index (χ1n) is 7.93. The number of thiazole rings is 1. The number of benzene rings is 1. The first-order valence-corrected chi connectivity index (χ1v) is 8.74. The second kappa shape index (κ2) is 6.70. The average Bonchev–Trinajstić information content (AvgIpc) is 2.96. The van der Waals surface area contributed by atoms with Crippen molar-refractivity contribution < 1.29 is 31.5 Å². The molecule has 1 aromatic heterocycles. The molecule has 27 heavy (non-hydrogen) atoms. The van der Waals surface area contributed by atoms with Gasteiger partial charge in [-0.3, -0.25) is 9.59 Å². The van der Waals surface area contributed by atoms with Gasteiger partial charge in [0.05, 0.1) is 10.1 Å². The quantitative estimate of drug-likeness (QED) is 0.773. The minimum atomic E-state index is -5.01. The second-order valence-corrected chi connectivity index (χ2v) is 7.63. The van der Waals surface area contributed by atoms with Crippen molar-refractivity contribution in [3.8, 4) is 0 Å². The van der Waals surface area contributed by atoms with Gasteiger partial charge in [0.15, 0.2) is 10.9 Å². The van der Waals surface area contributed by atoms with Gasteiger partial charge in [-0.05, 0) is 25.8 Å². The van der Waals surface area contributed by atoms with Crippen LogP contribution < -0.4 is 5.32 Å². The van der Waals surface area contributed by atoms with Gasteiger partial charge >= 0.3 is 12.1 Å². The maximum atomic E-state index is 13.7. The van der Waals surface area contributed by atoms with Crippen LogP contribution in [0.1, 0.15) is 19.8 Å². The van der Waals surface area contributed by atoms with E-state index in [1.165, 1.54) is 6.92 Å². The molecule has 1 N–H and O–H groups in total. The molecule has 1 aliphatic rings. The standard InChI is InChI=1S/C16H14F5N3O2S/c1-15(3-2-4-24(7-15)13(26)16(19,20)21)12(25)23-14-22-11-9(18)5-8(17)6-10(11)27-14/h5-6H,2-4,7H2,1H3,(H,22,23,25). The fourth-order valence-corrected chi connectivity index (χ4v) is 3.94. The van der Waals surface area contributed by atoms with Crippen LogP contribution in [0.4, 0.5) is 27.1 Å². The number of likely N-dealkylation sites (tertiary alicyclic amines) is 1. The molecule has 11 heteroatoms. The number of nitrogens with zero attached hydrogens (tertiary/aromatic N) is 2. The average molecular weight is 407 g/mol. The Labute approximate surface area is 154 Å². The number of halogens is 5. The molecule has 0 aliphatic carbocycles. The zero-order valence-corrected chi connectivity index (χ0v) is 14.8. The Morgan fingerprint density at radius 1 is 1.30 bits per heavy atom. The molecule has 3 rings (SSSR count).